The lowest BCUT2D eigenvalue weighted by atomic mass is 10.3. The summed E-state index contributed by atoms with van der Waals surface area (Å²) in [4.78, 5) is 10.5. The molecule has 0 radical (unpaired) electrons. The number of aromatic carboxylic acids is 1. The van der Waals surface area contributed by atoms with Gasteiger partial charge in [-0.1, -0.05) is 18.7 Å². The Balaban J connectivity index is 2.87. The molecule has 1 aromatic heterocycles. The van der Waals surface area contributed by atoms with E-state index in [4.69, 9.17) is 9.52 Å². The molecule has 1 aromatic rings. The Kier molecular flexibility index (Phi) is 2.59. The molecule has 1 heterocycles. The largest absolute Gasteiger partial charge is 0.478 e. The Hall–Kier alpha value is -0.900. The SMILES string of the molecule is CCSc1occc1C(=O)O. The van der Waals surface area contributed by atoms with Gasteiger partial charge in [-0.2, -0.15) is 0 Å². The second-order valence-corrected chi connectivity index (χ2v) is 3.10. The van der Waals surface area contributed by atoms with Gasteiger partial charge >= 0.3 is 5.97 Å². The molecular formula is C7H8O3S. The van der Waals surface area contributed by atoms with Crippen molar-refractivity contribution in [2.75, 3.05) is 5.75 Å². The minimum atomic E-state index is -0.935. The van der Waals surface area contributed by atoms with E-state index in [1.54, 1.807) is 0 Å². The lowest BCUT2D eigenvalue weighted by molar-refractivity contribution is 0.0690. The molecular weight excluding hydrogens is 164 g/mol. The van der Waals surface area contributed by atoms with Crippen LogP contribution in [0.3, 0.4) is 0 Å². The Morgan fingerprint density at radius 3 is 3.09 bits per heavy atom. The summed E-state index contributed by atoms with van der Waals surface area (Å²) < 4.78 is 4.95. The summed E-state index contributed by atoms with van der Waals surface area (Å²) in [6, 6.07) is 1.46. The number of thioether (sulfide) groups is 1. The van der Waals surface area contributed by atoms with Gasteiger partial charge in [0.1, 0.15) is 5.56 Å². The van der Waals surface area contributed by atoms with Gasteiger partial charge in [-0.15, -0.1) is 0 Å². The molecule has 0 bridgehead atoms. The Morgan fingerprint density at radius 2 is 2.55 bits per heavy atom. The van der Waals surface area contributed by atoms with Crippen molar-refractivity contribution in [2.45, 2.75) is 12.0 Å². The molecule has 1 rings (SSSR count). The third-order valence-corrected chi connectivity index (χ3v) is 2.00. The molecule has 0 aliphatic carbocycles. The van der Waals surface area contributed by atoms with E-state index in [2.05, 4.69) is 0 Å². The molecule has 0 aliphatic heterocycles. The second kappa shape index (κ2) is 3.48. The smallest absolute Gasteiger partial charge is 0.340 e. The van der Waals surface area contributed by atoms with E-state index in [0.29, 0.717) is 5.09 Å². The molecule has 3 nitrogen and oxygen atoms in total. The van der Waals surface area contributed by atoms with E-state index in [9.17, 15) is 4.79 Å². The fourth-order valence-corrected chi connectivity index (χ4v) is 1.39. The summed E-state index contributed by atoms with van der Waals surface area (Å²) in [5.41, 5.74) is 0.247. The normalized spacial score (nSPS) is 9.91. The molecule has 0 fully saturated rings. The fraction of sp³-hybridized carbons (Fsp3) is 0.286. The molecule has 4 heteroatoms. The molecule has 0 amide bonds. The topological polar surface area (TPSA) is 50.4 Å². The lowest BCUT2D eigenvalue weighted by Gasteiger charge is -1.92. The minimum Gasteiger partial charge on any atom is -0.478 e. The van der Waals surface area contributed by atoms with E-state index < -0.39 is 5.97 Å². The summed E-state index contributed by atoms with van der Waals surface area (Å²) in [6.45, 7) is 1.94. The highest BCUT2D eigenvalue weighted by Gasteiger charge is 2.12. The highest BCUT2D eigenvalue weighted by Crippen LogP contribution is 2.23. The van der Waals surface area contributed by atoms with Gasteiger partial charge < -0.3 is 9.52 Å². The molecule has 0 unspecified atom stereocenters. The average Bonchev–Trinajstić information content (AvgIpc) is 2.36. The average molecular weight is 172 g/mol. The molecule has 11 heavy (non-hydrogen) atoms. The molecule has 0 aromatic carbocycles. The van der Waals surface area contributed by atoms with Crippen LogP contribution in [0.4, 0.5) is 0 Å². The zero-order valence-corrected chi connectivity index (χ0v) is 6.85. The minimum absolute atomic E-state index is 0.247. The van der Waals surface area contributed by atoms with Crippen LogP contribution in [-0.4, -0.2) is 16.8 Å². The quantitative estimate of drug-likeness (QED) is 0.709. The van der Waals surface area contributed by atoms with Crippen LogP contribution in [0.1, 0.15) is 17.3 Å². The molecule has 0 saturated heterocycles. The van der Waals surface area contributed by atoms with Crippen LogP contribution in [-0.2, 0) is 0 Å². The highest BCUT2D eigenvalue weighted by molar-refractivity contribution is 7.99. The van der Waals surface area contributed by atoms with Crippen molar-refractivity contribution in [2.24, 2.45) is 0 Å². The molecule has 0 aliphatic rings. The van der Waals surface area contributed by atoms with Gasteiger partial charge in [0, 0.05) is 0 Å². The van der Waals surface area contributed by atoms with Crippen LogP contribution in [0.5, 0.6) is 0 Å². The number of carbonyl (C=O) groups is 1. The first-order valence-electron chi connectivity index (χ1n) is 3.19. The third kappa shape index (κ3) is 1.77. The van der Waals surface area contributed by atoms with Crippen molar-refractivity contribution in [3.05, 3.63) is 17.9 Å². The van der Waals surface area contributed by atoms with Crippen molar-refractivity contribution in [3.8, 4) is 0 Å². The van der Waals surface area contributed by atoms with Crippen molar-refractivity contribution in [3.63, 3.8) is 0 Å². The third-order valence-electron chi connectivity index (χ3n) is 1.14. The Bertz CT molecular complexity index is 254. The summed E-state index contributed by atoms with van der Waals surface area (Å²) >= 11 is 1.39. The summed E-state index contributed by atoms with van der Waals surface area (Å²) in [6.07, 6.45) is 1.39. The number of furan rings is 1. The van der Waals surface area contributed by atoms with Crippen LogP contribution in [0.2, 0.25) is 0 Å². The fourth-order valence-electron chi connectivity index (χ4n) is 0.697. The molecule has 0 spiro atoms. The number of carboxylic acids is 1. The molecule has 1 N–H and O–H groups in total. The van der Waals surface area contributed by atoms with Crippen LogP contribution in [0, 0.1) is 0 Å². The summed E-state index contributed by atoms with van der Waals surface area (Å²) in [5, 5.41) is 9.09. The van der Waals surface area contributed by atoms with Gasteiger partial charge in [-0.25, -0.2) is 4.79 Å². The van der Waals surface area contributed by atoms with Crippen molar-refractivity contribution >= 4 is 17.7 Å². The zero-order chi connectivity index (χ0) is 8.27. The van der Waals surface area contributed by atoms with Crippen molar-refractivity contribution in [1.29, 1.82) is 0 Å². The van der Waals surface area contributed by atoms with Gasteiger partial charge in [0.15, 0.2) is 5.09 Å². The maximum atomic E-state index is 10.5. The van der Waals surface area contributed by atoms with Crippen LogP contribution >= 0.6 is 11.8 Å². The van der Waals surface area contributed by atoms with Crippen LogP contribution in [0.25, 0.3) is 0 Å². The van der Waals surface area contributed by atoms with E-state index in [1.807, 2.05) is 6.92 Å². The summed E-state index contributed by atoms with van der Waals surface area (Å²) in [7, 11) is 0. The first kappa shape index (κ1) is 8.20. The van der Waals surface area contributed by atoms with E-state index >= 15 is 0 Å². The van der Waals surface area contributed by atoms with Gasteiger partial charge in [0.05, 0.1) is 6.26 Å². The van der Waals surface area contributed by atoms with Gasteiger partial charge in [0.2, 0.25) is 0 Å². The van der Waals surface area contributed by atoms with Gasteiger partial charge in [0.25, 0.3) is 0 Å². The highest BCUT2D eigenvalue weighted by atomic mass is 32.2. The second-order valence-electron chi connectivity index (χ2n) is 1.86. The van der Waals surface area contributed by atoms with Crippen LogP contribution in [0.15, 0.2) is 21.8 Å². The zero-order valence-electron chi connectivity index (χ0n) is 6.03. The van der Waals surface area contributed by atoms with E-state index in [0.717, 1.165) is 5.75 Å². The van der Waals surface area contributed by atoms with Crippen LogP contribution < -0.4 is 0 Å². The Labute approximate surface area is 68.4 Å². The predicted molar refractivity (Wildman–Crippen MR) is 42.1 cm³/mol. The number of hydrogen-bond donors (Lipinski definition) is 1. The first-order valence-corrected chi connectivity index (χ1v) is 4.18. The monoisotopic (exact) mass is 172 g/mol. The number of carboxylic acid groups (broad SMARTS) is 1. The predicted octanol–water partition coefficient (Wildman–Crippen LogP) is 2.09. The van der Waals surface area contributed by atoms with E-state index in [-0.39, 0.29) is 5.56 Å². The van der Waals surface area contributed by atoms with Gasteiger partial charge in [-0.05, 0) is 11.8 Å². The number of hydrogen-bond acceptors (Lipinski definition) is 3. The van der Waals surface area contributed by atoms with Gasteiger partial charge in [-0.3, -0.25) is 0 Å². The maximum absolute atomic E-state index is 10.5. The van der Waals surface area contributed by atoms with Crippen molar-refractivity contribution in [1.82, 2.24) is 0 Å². The summed E-state index contributed by atoms with van der Waals surface area (Å²) in [5.74, 6) is -0.122. The maximum Gasteiger partial charge on any atom is 0.340 e. The standard InChI is InChI=1S/C7H8O3S/c1-2-11-7-5(6(8)9)3-4-10-7/h3-4H,2H2,1H3,(H,8,9). The molecule has 60 valence electrons. The molecule has 0 atom stereocenters. The molecule has 0 saturated carbocycles. The van der Waals surface area contributed by atoms with Crippen molar-refractivity contribution < 1.29 is 14.3 Å². The Morgan fingerprint density at radius 1 is 1.82 bits per heavy atom. The lowest BCUT2D eigenvalue weighted by Crippen LogP contribution is -1.94. The van der Waals surface area contributed by atoms with E-state index in [1.165, 1.54) is 24.1 Å². The number of rotatable bonds is 3. The first-order chi connectivity index (χ1) is 5.25.